The van der Waals surface area contributed by atoms with E-state index in [4.69, 9.17) is 12.2 Å². The van der Waals surface area contributed by atoms with Gasteiger partial charge in [0.1, 0.15) is 10.8 Å². The Morgan fingerprint density at radius 2 is 2.28 bits per heavy atom. The number of nitrogens with one attached hydrogen (secondary N) is 2. The summed E-state index contributed by atoms with van der Waals surface area (Å²) in [6.07, 6.45) is 6.09. The van der Waals surface area contributed by atoms with Gasteiger partial charge in [0.2, 0.25) is 0 Å². The lowest BCUT2D eigenvalue weighted by Gasteiger charge is -2.37. The molecular weight excluding hydrogens is 337 g/mol. The van der Waals surface area contributed by atoms with Crippen LogP contribution < -0.4 is 15.5 Å². The first-order chi connectivity index (χ1) is 12.1. The van der Waals surface area contributed by atoms with Crippen LogP contribution in [0.5, 0.6) is 0 Å². The number of aliphatic hydroxyl groups excluding tert-OH is 1. The predicted octanol–water partition coefficient (Wildman–Crippen LogP) is 3.22. The summed E-state index contributed by atoms with van der Waals surface area (Å²) >= 11 is 5.57. The standard InChI is InChI=1S/C19H26FN3OS/c1-13-10-14(7-8-21-13)19(25)22-17-11-15(20)5-6-18(17)23-9-3-2-4-16(23)12-24/h5-7,11,13,16,21,24H,2-4,8-10,12H2,1H3,(H,22,25). The van der Waals surface area contributed by atoms with Gasteiger partial charge in [-0.3, -0.25) is 0 Å². The maximum atomic E-state index is 13.9. The van der Waals surface area contributed by atoms with E-state index in [-0.39, 0.29) is 18.5 Å². The molecule has 2 aliphatic rings. The molecular formula is C19H26FN3OS. The van der Waals surface area contributed by atoms with Crippen molar-refractivity contribution in [3.8, 4) is 0 Å². The highest BCUT2D eigenvalue weighted by Gasteiger charge is 2.25. The van der Waals surface area contributed by atoms with Gasteiger partial charge in [0.15, 0.2) is 0 Å². The van der Waals surface area contributed by atoms with Crippen molar-refractivity contribution in [3.63, 3.8) is 0 Å². The zero-order chi connectivity index (χ0) is 17.8. The molecule has 4 nitrogen and oxygen atoms in total. The number of anilines is 2. The first-order valence-electron chi connectivity index (χ1n) is 8.99. The highest BCUT2D eigenvalue weighted by Crippen LogP contribution is 2.32. The first kappa shape index (κ1) is 18.3. The van der Waals surface area contributed by atoms with Crippen LogP contribution in [-0.4, -0.2) is 41.9 Å². The second-order valence-electron chi connectivity index (χ2n) is 6.88. The Labute approximate surface area is 154 Å². The number of aliphatic hydroxyl groups is 1. The Morgan fingerprint density at radius 3 is 3.04 bits per heavy atom. The van der Waals surface area contributed by atoms with Crippen LogP contribution in [0.25, 0.3) is 0 Å². The predicted molar refractivity (Wildman–Crippen MR) is 105 cm³/mol. The van der Waals surface area contributed by atoms with E-state index in [1.165, 1.54) is 12.1 Å². The molecule has 0 aromatic heterocycles. The third kappa shape index (κ3) is 4.37. The van der Waals surface area contributed by atoms with Gasteiger partial charge in [-0.05, 0) is 56.4 Å². The number of benzene rings is 1. The second-order valence-corrected chi connectivity index (χ2v) is 7.29. The van der Waals surface area contributed by atoms with Gasteiger partial charge in [-0.2, -0.15) is 0 Å². The normalized spacial score (nSPS) is 24.0. The van der Waals surface area contributed by atoms with E-state index in [1.54, 1.807) is 6.07 Å². The minimum Gasteiger partial charge on any atom is -0.394 e. The van der Waals surface area contributed by atoms with Gasteiger partial charge in [-0.15, -0.1) is 0 Å². The van der Waals surface area contributed by atoms with E-state index in [0.29, 0.717) is 16.7 Å². The Morgan fingerprint density at radius 1 is 1.44 bits per heavy atom. The van der Waals surface area contributed by atoms with Crippen molar-refractivity contribution in [1.82, 2.24) is 5.32 Å². The molecule has 0 saturated carbocycles. The number of rotatable bonds is 4. The van der Waals surface area contributed by atoms with Crippen molar-refractivity contribution < 1.29 is 9.50 Å². The molecule has 25 heavy (non-hydrogen) atoms. The molecule has 1 aromatic rings. The smallest absolute Gasteiger partial charge is 0.125 e. The molecule has 0 bridgehead atoms. The van der Waals surface area contributed by atoms with Crippen LogP contribution in [0.2, 0.25) is 0 Å². The van der Waals surface area contributed by atoms with Gasteiger partial charge in [0, 0.05) is 19.1 Å². The third-order valence-electron chi connectivity index (χ3n) is 4.99. The molecule has 2 heterocycles. The van der Waals surface area contributed by atoms with E-state index in [0.717, 1.165) is 50.0 Å². The van der Waals surface area contributed by atoms with Gasteiger partial charge < -0.3 is 20.6 Å². The fourth-order valence-corrected chi connectivity index (χ4v) is 3.90. The van der Waals surface area contributed by atoms with Crippen LogP contribution >= 0.6 is 12.2 Å². The quantitative estimate of drug-likeness (QED) is 0.717. The van der Waals surface area contributed by atoms with E-state index in [9.17, 15) is 9.50 Å². The van der Waals surface area contributed by atoms with E-state index < -0.39 is 0 Å². The largest absolute Gasteiger partial charge is 0.394 e. The molecule has 3 N–H and O–H groups in total. The molecule has 136 valence electrons. The lowest BCUT2D eigenvalue weighted by Crippen LogP contribution is -2.42. The molecule has 1 fully saturated rings. The molecule has 2 atom stereocenters. The number of piperidine rings is 1. The van der Waals surface area contributed by atoms with Crippen molar-refractivity contribution in [2.45, 2.75) is 44.7 Å². The third-order valence-corrected chi connectivity index (χ3v) is 5.35. The van der Waals surface area contributed by atoms with E-state index >= 15 is 0 Å². The summed E-state index contributed by atoms with van der Waals surface area (Å²) in [4.78, 5) is 2.82. The number of thiocarbonyl (C=S) groups is 1. The summed E-state index contributed by atoms with van der Waals surface area (Å²) in [7, 11) is 0. The minimum absolute atomic E-state index is 0.0754. The molecule has 1 saturated heterocycles. The molecule has 2 unspecified atom stereocenters. The number of halogens is 1. The fourth-order valence-electron chi connectivity index (χ4n) is 3.62. The fraction of sp³-hybridized carbons (Fsp3) is 0.526. The van der Waals surface area contributed by atoms with E-state index in [2.05, 4.69) is 28.5 Å². The van der Waals surface area contributed by atoms with E-state index in [1.807, 2.05) is 0 Å². The van der Waals surface area contributed by atoms with Crippen LogP contribution in [0.1, 0.15) is 32.6 Å². The molecule has 0 spiro atoms. The summed E-state index contributed by atoms with van der Waals surface area (Å²) in [5.74, 6) is -0.292. The van der Waals surface area contributed by atoms with Crippen LogP contribution in [0.15, 0.2) is 29.8 Å². The summed E-state index contributed by atoms with van der Waals surface area (Å²) < 4.78 is 13.9. The summed E-state index contributed by atoms with van der Waals surface area (Å²) in [6, 6.07) is 5.21. The molecule has 6 heteroatoms. The zero-order valence-corrected chi connectivity index (χ0v) is 15.4. The Kier molecular flexibility index (Phi) is 6.04. The zero-order valence-electron chi connectivity index (χ0n) is 14.6. The topological polar surface area (TPSA) is 47.5 Å². The lowest BCUT2D eigenvalue weighted by atomic mass is 10.0. The molecule has 2 aliphatic heterocycles. The average molecular weight is 364 g/mol. The lowest BCUT2D eigenvalue weighted by molar-refractivity contribution is 0.240. The first-order valence-corrected chi connectivity index (χ1v) is 9.40. The van der Waals surface area contributed by atoms with Crippen molar-refractivity contribution in [2.75, 3.05) is 29.9 Å². The van der Waals surface area contributed by atoms with Crippen LogP contribution in [0.4, 0.5) is 15.8 Å². The molecule has 0 amide bonds. The maximum Gasteiger partial charge on any atom is 0.125 e. The monoisotopic (exact) mass is 363 g/mol. The Hall–Kier alpha value is -1.50. The Balaban J connectivity index is 1.84. The van der Waals surface area contributed by atoms with Crippen molar-refractivity contribution in [2.24, 2.45) is 0 Å². The van der Waals surface area contributed by atoms with Crippen molar-refractivity contribution in [1.29, 1.82) is 0 Å². The van der Waals surface area contributed by atoms with Crippen molar-refractivity contribution in [3.05, 3.63) is 35.7 Å². The molecule has 1 aromatic carbocycles. The maximum absolute atomic E-state index is 13.9. The number of hydrogen-bond acceptors (Lipinski definition) is 4. The number of hydrogen-bond donors (Lipinski definition) is 3. The van der Waals surface area contributed by atoms with Crippen LogP contribution in [0, 0.1) is 5.82 Å². The summed E-state index contributed by atoms with van der Waals surface area (Å²) in [5.41, 5.74) is 2.68. The SMILES string of the molecule is CC1CC(C(=S)Nc2cc(F)ccc2N2CCCCC2CO)=CCN1. The molecule has 0 aliphatic carbocycles. The van der Waals surface area contributed by atoms with Gasteiger partial charge in [0.05, 0.1) is 24.0 Å². The second kappa shape index (κ2) is 8.25. The van der Waals surface area contributed by atoms with Crippen molar-refractivity contribution >= 4 is 28.6 Å². The number of nitrogens with zero attached hydrogens (tertiary/aromatic N) is 1. The van der Waals surface area contributed by atoms with Gasteiger partial charge in [-0.1, -0.05) is 18.3 Å². The average Bonchev–Trinajstić information content (AvgIpc) is 2.62. The Bertz CT molecular complexity index is 664. The highest BCUT2D eigenvalue weighted by atomic mass is 32.1. The summed E-state index contributed by atoms with van der Waals surface area (Å²) in [5, 5.41) is 16.3. The van der Waals surface area contributed by atoms with Crippen LogP contribution in [-0.2, 0) is 0 Å². The summed E-state index contributed by atoms with van der Waals surface area (Å²) in [6.45, 7) is 3.90. The van der Waals surface area contributed by atoms with Gasteiger partial charge >= 0.3 is 0 Å². The highest BCUT2D eigenvalue weighted by molar-refractivity contribution is 7.81. The minimum atomic E-state index is -0.292. The molecule has 0 radical (unpaired) electrons. The van der Waals surface area contributed by atoms with Gasteiger partial charge in [-0.25, -0.2) is 4.39 Å². The van der Waals surface area contributed by atoms with Gasteiger partial charge in [0.25, 0.3) is 0 Å². The molecule has 3 rings (SSSR count). The van der Waals surface area contributed by atoms with Crippen LogP contribution in [0.3, 0.4) is 0 Å².